The number of hydrogen-bond acceptors (Lipinski definition) is 4. The Hall–Kier alpha value is -2.05. The van der Waals surface area contributed by atoms with E-state index in [0.29, 0.717) is 25.4 Å². The quantitative estimate of drug-likeness (QED) is 0.378. The number of piperidine rings is 1. The van der Waals surface area contributed by atoms with Crippen LogP contribution < -0.4 is 10.1 Å². The van der Waals surface area contributed by atoms with Gasteiger partial charge >= 0.3 is 0 Å². The van der Waals surface area contributed by atoms with Crippen molar-refractivity contribution in [3.05, 3.63) is 42.5 Å². The van der Waals surface area contributed by atoms with Crippen LogP contribution in [-0.4, -0.2) is 62.5 Å². The molecule has 3 rings (SSSR count). The number of ether oxygens (including phenoxy) is 3. The molecule has 2 saturated heterocycles. The van der Waals surface area contributed by atoms with Crippen molar-refractivity contribution < 1.29 is 14.2 Å². The van der Waals surface area contributed by atoms with Crippen LogP contribution in [0.15, 0.2) is 41.9 Å². The molecule has 166 valence electrons. The third-order valence-electron chi connectivity index (χ3n) is 5.60. The van der Waals surface area contributed by atoms with Gasteiger partial charge in [-0.05, 0) is 45.1 Å². The molecule has 0 spiro atoms. The van der Waals surface area contributed by atoms with Crippen molar-refractivity contribution in [2.45, 2.75) is 57.8 Å². The van der Waals surface area contributed by atoms with Crippen LogP contribution in [0.2, 0.25) is 0 Å². The zero-order valence-electron chi connectivity index (χ0n) is 18.4. The van der Waals surface area contributed by atoms with Crippen LogP contribution in [0.4, 0.5) is 0 Å². The highest BCUT2D eigenvalue weighted by Crippen LogP contribution is 2.20. The second-order valence-corrected chi connectivity index (χ2v) is 7.89. The van der Waals surface area contributed by atoms with E-state index in [1.165, 1.54) is 12.8 Å². The molecular weight excluding hydrogens is 378 g/mol. The van der Waals surface area contributed by atoms with E-state index >= 15 is 0 Å². The monoisotopic (exact) mass is 415 g/mol. The van der Waals surface area contributed by atoms with E-state index in [2.05, 4.69) is 29.8 Å². The summed E-state index contributed by atoms with van der Waals surface area (Å²) in [6, 6.07) is 8.07. The lowest BCUT2D eigenvalue weighted by atomic mass is 10.1. The van der Waals surface area contributed by atoms with Crippen LogP contribution in [0.1, 0.15) is 44.6 Å². The van der Waals surface area contributed by atoms with Crippen LogP contribution in [-0.2, 0) is 16.0 Å². The number of hydrogen-bond donors (Lipinski definition) is 1. The topological polar surface area (TPSA) is 55.3 Å². The number of guanidine groups is 1. The Morgan fingerprint density at radius 1 is 1.27 bits per heavy atom. The molecule has 1 atom stereocenters. The highest BCUT2D eigenvalue weighted by Gasteiger charge is 2.23. The van der Waals surface area contributed by atoms with Crippen LogP contribution in [0.5, 0.6) is 5.75 Å². The van der Waals surface area contributed by atoms with E-state index in [-0.39, 0.29) is 0 Å². The van der Waals surface area contributed by atoms with E-state index in [0.717, 1.165) is 69.4 Å². The number of likely N-dealkylation sites (tertiary alicyclic amines) is 1. The molecule has 0 radical (unpaired) electrons. The Bertz CT molecular complexity index is 665. The third kappa shape index (κ3) is 7.03. The van der Waals surface area contributed by atoms with Crippen molar-refractivity contribution in [3.8, 4) is 5.75 Å². The molecule has 1 N–H and O–H groups in total. The molecule has 0 bridgehead atoms. The van der Waals surface area contributed by atoms with Gasteiger partial charge in [-0.15, -0.1) is 0 Å². The van der Waals surface area contributed by atoms with Gasteiger partial charge in [-0.2, -0.15) is 0 Å². The fourth-order valence-corrected chi connectivity index (χ4v) is 3.93. The van der Waals surface area contributed by atoms with Gasteiger partial charge in [0.2, 0.25) is 0 Å². The fraction of sp³-hybridized carbons (Fsp3) is 0.625. The lowest BCUT2D eigenvalue weighted by Crippen LogP contribution is -2.47. The van der Waals surface area contributed by atoms with Gasteiger partial charge in [0.25, 0.3) is 0 Å². The van der Waals surface area contributed by atoms with Gasteiger partial charge in [0.1, 0.15) is 12.4 Å². The Kier molecular flexibility index (Phi) is 9.51. The predicted octanol–water partition coefficient (Wildman–Crippen LogP) is 3.77. The van der Waals surface area contributed by atoms with Crippen LogP contribution in [0, 0.1) is 0 Å². The molecule has 0 saturated carbocycles. The Balaban J connectivity index is 1.51. The molecule has 1 unspecified atom stereocenters. The van der Waals surface area contributed by atoms with Crippen LogP contribution in [0.25, 0.3) is 0 Å². The van der Waals surface area contributed by atoms with E-state index in [4.69, 9.17) is 19.2 Å². The molecule has 0 aromatic heterocycles. The number of aliphatic imine (C=N–C) groups is 1. The van der Waals surface area contributed by atoms with Crippen molar-refractivity contribution in [1.82, 2.24) is 10.2 Å². The standard InChI is InChI=1S/C24H37N3O3/c1-3-16-29-23-11-6-5-9-20(23)18-26-24(25-4-2)27-14-12-21(13-15-27)30-19-22-10-7-8-17-28-22/h3,5-6,9,11,21-22H,1,4,7-8,10,12-19H2,2H3,(H,25,26). The first-order valence-electron chi connectivity index (χ1n) is 11.4. The van der Waals surface area contributed by atoms with Gasteiger partial charge in [0.05, 0.1) is 25.4 Å². The summed E-state index contributed by atoms with van der Waals surface area (Å²) in [4.78, 5) is 7.23. The maximum Gasteiger partial charge on any atom is 0.194 e. The largest absolute Gasteiger partial charge is 0.489 e. The van der Waals surface area contributed by atoms with Crippen molar-refractivity contribution in [2.75, 3.05) is 39.5 Å². The van der Waals surface area contributed by atoms with E-state index in [9.17, 15) is 0 Å². The zero-order chi connectivity index (χ0) is 21.0. The molecule has 2 fully saturated rings. The van der Waals surface area contributed by atoms with Gasteiger partial charge in [-0.1, -0.05) is 30.9 Å². The maximum absolute atomic E-state index is 6.16. The lowest BCUT2D eigenvalue weighted by molar-refractivity contribution is -0.0721. The van der Waals surface area contributed by atoms with Gasteiger partial charge < -0.3 is 24.4 Å². The van der Waals surface area contributed by atoms with Crippen molar-refractivity contribution in [1.29, 1.82) is 0 Å². The average Bonchev–Trinajstić information content (AvgIpc) is 2.80. The molecule has 2 aliphatic heterocycles. The maximum atomic E-state index is 6.16. The Morgan fingerprint density at radius 3 is 2.83 bits per heavy atom. The van der Waals surface area contributed by atoms with E-state index in [1.54, 1.807) is 6.08 Å². The Morgan fingerprint density at radius 2 is 2.10 bits per heavy atom. The van der Waals surface area contributed by atoms with Gasteiger partial charge in [-0.3, -0.25) is 0 Å². The van der Waals surface area contributed by atoms with Crippen LogP contribution >= 0.6 is 0 Å². The second-order valence-electron chi connectivity index (χ2n) is 7.89. The van der Waals surface area contributed by atoms with Gasteiger partial charge in [0.15, 0.2) is 5.96 Å². The molecule has 6 nitrogen and oxygen atoms in total. The smallest absolute Gasteiger partial charge is 0.194 e. The minimum Gasteiger partial charge on any atom is -0.489 e. The first kappa shape index (κ1) is 22.6. The summed E-state index contributed by atoms with van der Waals surface area (Å²) in [5.74, 6) is 1.83. The highest BCUT2D eigenvalue weighted by molar-refractivity contribution is 5.80. The van der Waals surface area contributed by atoms with Crippen LogP contribution in [0.3, 0.4) is 0 Å². The minimum absolute atomic E-state index is 0.291. The number of nitrogens with zero attached hydrogens (tertiary/aromatic N) is 2. The third-order valence-corrected chi connectivity index (χ3v) is 5.60. The van der Waals surface area contributed by atoms with Gasteiger partial charge in [0, 0.05) is 31.8 Å². The van der Waals surface area contributed by atoms with Crippen molar-refractivity contribution in [2.24, 2.45) is 4.99 Å². The molecule has 1 aromatic rings. The molecule has 30 heavy (non-hydrogen) atoms. The van der Waals surface area contributed by atoms with E-state index in [1.807, 2.05) is 18.2 Å². The molecule has 0 aliphatic carbocycles. The number of para-hydroxylation sites is 1. The molecule has 2 aliphatic rings. The van der Waals surface area contributed by atoms with Gasteiger partial charge in [-0.25, -0.2) is 4.99 Å². The zero-order valence-corrected chi connectivity index (χ0v) is 18.4. The number of benzene rings is 1. The first-order chi connectivity index (χ1) is 14.8. The summed E-state index contributed by atoms with van der Waals surface area (Å²) >= 11 is 0. The fourth-order valence-electron chi connectivity index (χ4n) is 3.93. The molecule has 2 heterocycles. The summed E-state index contributed by atoms with van der Waals surface area (Å²) in [6.07, 6.45) is 8.00. The minimum atomic E-state index is 0.291. The predicted molar refractivity (Wildman–Crippen MR) is 121 cm³/mol. The second kappa shape index (κ2) is 12.6. The summed E-state index contributed by atoms with van der Waals surface area (Å²) in [5.41, 5.74) is 1.08. The highest BCUT2D eigenvalue weighted by atomic mass is 16.5. The molecule has 0 amide bonds. The van der Waals surface area contributed by atoms with E-state index < -0.39 is 0 Å². The molecular formula is C24H37N3O3. The number of rotatable bonds is 9. The summed E-state index contributed by atoms with van der Waals surface area (Å²) < 4.78 is 17.7. The first-order valence-corrected chi connectivity index (χ1v) is 11.4. The summed E-state index contributed by atoms with van der Waals surface area (Å²) in [5, 5.41) is 3.44. The Labute approximate surface area is 181 Å². The normalized spacial score (nSPS) is 20.8. The lowest BCUT2D eigenvalue weighted by Gasteiger charge is -2.35. The number of nitrogens with one attached hydrogen (secondary N) is 1. The molecule has 6 heteroatoms. The van der Waals surface area contributed by atoms with Crippen molar-refractivity contribution in [3.63, 3.8) is 0 Å². The SMILES string of the molecule is C=CCOc1ccccc1CN=C(NCC)N1CCC(OCC2CCCCO2)CC1. The van der Waals surface area contributed by atoms with Crippen molar-refractivity contribution >= 4 is 5.96 Å². The average molecular weight is 416 g/mol. The summed E-state index contributed by atoms with van der Waals surface area (Å²) in [6.45, 7) is 11.3. The summed E-state index contributed by atoms with van der Waals surface area (Å²) in [7, 11) is 0. The molecule has 1 aromatic carbocycles.